The fourth-order valence-corrected chi connectivity index (χ4v) is 4.41. The molecule has 0 unspecified atom stereocenters. The van der Waals surface area contributed by atoms with Crippen LogP contribution in [0.4, 0.5) is 35.0 Å². The Hall–Kier alpha value is -4.89. The summed E-state index contributed by atoms with van der Waals surface area (Å²) in [5.41, 5.74) is -1.25. The molecule has 0 aliphatic carbocycles. The van der Waals surface area contributed by atoms with Crippen molar-refractivity contribution < 1.29 is 32.7 Å². The lowest BCUT2D eigenvalue weighted by molar-refractivity contribution is -0.137. The van der Waals surface area contributed by atoms with Gasteiger partial charge in [0.1, 0.15) is 5.54 Å². The summed E-state index contributed by atoms with van der Waals surface area (Å²) in [6.45, 7) is 2.94. The Labute approximate surface area is 233 Å². The van der Waals surface area contributed by atoms with Gasteiger partial charge in [0.2, 0.25) is 0 Å². The first-order chi connectivity index (χ1) is 19.4. The Bertz CT molecular complexity index is 1530. The van der Waals surface area contributed by atoms with E-state index in [0.717, 1.165) is 12.1 Å². The zero-order valence-electron chi connectivity index (χ0n) is 22.1. The molecule has 1 saturated heterocycles. The quantitative estimate of drug-likeness (QED) is 0.337. The van der Waals surface area contributed by atoms with Crippen LogP contribution in [0, 0.1) is 11.3 Å². The maximum atomic E-state index is 13.6. The van der Waals surface area contributed by atoms with Gasteiger partial charge in [-0.25, -0.2) is 9.69 Å². The molecule has 12 heteroatoms. The minimum Gasteiger partial charge on any atom is -0.395 e. The minimum absolute atomic E-state index is 0.0404. The number of carbonyl (C=O) groups excluding carboxylic acids is 3. The van der Waals surface area contributed by atoms with Gasteiger partial charge < -0.3 is 20.6 Å². The topological polar surface area (TPSA) is 126 Å². The standard InChI is InChI=1S/C29H26F3N5O4/c1-28(2)26(40)37(22-12-9-19(16-33)23(15-22)29(30,31)32)27(41)36(28)17-20-5-3-4-6-24(20)35-21-10-7-18(8-11-21)25(39)34-13-14-38/h3-12,15,35,38H,13-14,17H2,1-2H3,(H,34,39). The fourth-order valence-electron chi connectivity index (χ4n) is 4.41. The maximum Gasteiger partial charge on any atom is 0.417 e. The molecule has 3 aromatic rings. The molecule has 1 aliphatic rings. The first kappa shape index (κ1) is 29.1. The Balaban J connectivity index is 1.59. The minimum atomic E-state index is -4.85. The number of aliphatic hydroxyl groups is 1. The summed E-state index contributed by atoms with van der Waals surface area (Å²) >= 11 is 0. The van der Waals surface area contributed by atoms with Gasteiger partial charge in [-0.3, -0.25) is 9.59 Å². The van der Waals surface area contributed by atoms with E-state index >= 15 is 0 Å². The van der Waals surface area contributed by atoms with Crippen LogP contribution in [0.25, 0.3) is 0 Å². The molecule has 3 aromatic carbocycles. The molecule has 9 nitrogen and oxygen atoms in total. The second kappa shape index (κ2) is 11.3. The molecule has 0 spiro atoms. The summed E-state index contributed by atoms with van der Waals surface area (Å²) in [6, 6.07) is 17.0. The number of halogens is 3. The summed E-state index contributed by atoms with van der Waals surface area (Å²) in [6.07, 6.45) is -4.85. The number of nitriles is 1. The van der Waals surface area contributed by atoms with Gasteiger partial charge in [0.15, 0.2) is 0 Å². The van der Waals surface area contributed by atoms with E-state index in [0.29, 0.717) is 33.5 Å². The van der Waals surface area contributed by atoms with Crippen LogP contribution in [-0.4, -0.2) is 46.5 Å². The number of anilines is 3. The number of nitrogens with one attached hydrogen (secondary N) is 2. The van der Waals surface area contributed by atoms with Crippen molar-refractivity contribution in [1.82, 2.24) is 10.2 Å². The highest BCUT2D eigenvalue weighted by molar-refractivity contribution is 6.23. The van der Waals surface area contributed by atoms with E-state index in [9.17, 15) is 27.6 Å². The fraction of sp³-hybridized carbons (Fsp3) is 0.241. The number of rotatable bonds is 8. The summed E-state index contributed by atoms with van der Waals surface area (Å²) < 4.78 is 40.7. The molecule has 0 radical (unpaired) electrons. The molecule has 1 fully saturated rings. The molecule has 212 valence electrons. The Morgan fingerprint density at radius 3 is 2.37 bits per heavy atom. The third kappa shape index (κ3) is 5.85. The van der Waals surface area contributed by atoms with Crippen molar-refractivity contribution in [2.75, 3.05) is 23.4 Å². The molecule has 1 heterocycles. The van der Waals surface area contributed by atoms with Crippen molar-refractivity contribution in [3.63, 3.8) is 0 Å². The average Bonchev–Trinajstić information content (AvgIpc) is 3.11. The number of amides is 4. The van der Waals surface area contributed by atoms with E-state index in [1.54, 1.807) is 48.5 Å². The van der Waals surface area contributed by atoms with E-state index in [4.69, 9.17) is 10.4 Å². The van der Waals surface area contributed by atoms with E-state index in [1.807, 2.05) is 0 Å². The van der Waals surface area contributed by atoms with Crippen molar-refractivity contribution in [2.45, 2.75) is 32.1 Å². The predicted octanol–water partition coefficient (Wildman–Crippen LogP) is 4.79. The highest BCUT2D eigenvalue weighted by Crippen LogP contribution is 2.38. The molecule has 41 heavy (non-hydrogen) atoms. The number of nitrogens with zero attached hydrogens (tertiary/aromatic N) is 3. The van der Waals surface area contributed by atoms with Crippen molar-refractivity contribution in [3.8, 4) is 6.07 Å². The highest BCUT2D eigenvalue weighted by atomic mass is 19.4. The van der Waals surface area contributed by atoms with E-state index in [1.165, 1.54) is 24.8 Å². The number of carbonyl (C=O) groups is 3. The molecular weight excluding hydrogens is 539 g/mol. The molecule has 0 bridgehead atoms. The lowest BCUT2D eigenvalue weighted by atomic mass is 10.0. The van der Waals surface area contributed by atoms with Gasteiger partial charge in [0, 0.05) is 23.5 Å². The monoisotopic (exact) mass is 565 g/mol. The normalized spacial score (nSPS) is 14.7. The van der Waals surface area contributed by atoms with Gasteiger partial charge in [0.25, 0.3) is 11.8 Å². The molecular formula is C29H26F3N5O4. The van der Waals surface area contributed by atoms with Gasteiger partial charge >= 0.3 is 12.2 Å². The third-order valence-corrected chi connectivity index (χ3v) is 6.68. The summed E-state index contributed by atoms with van der Waals surface area (Å²) in [5.74, 6) is -1.04. The highest BCUT2D eigenvalue weighted by Gasteiger charge is 2.52. The lowest BCUT2D eigenvalue weighted by Gasteiger charge is -2.28. The first-order valence-electron chi connectivity index (χ1n) is 12.5. The van der Waals surface area contributed by atoms with Crippen molar-refractivity contribution >= 4 is 34.9 Å². The molecule has 4 amide bonds. The van der Waals surface area contributed by atoms with Crippen molar-refractivity contribution in [3.05, 3.63) is 89.0 Å². The van der Waals surface area contributed by atoms with Crippen molar-refractivity contribution in [1.29, 1.82) is 5.26 Å². The number of aliphatic hydroxyl groups excluding tert-OH is 1. The number of hydrogen-bond acceptors (Lipinski definition) is 6. The van der Waals surface area contributed by atoms with Crippen LogP contribution in [0.3, 0.4) is 0 Å². The zero-order valence-corrected chi connectivity index (χ0v) is 22.1. The van der Waals surface area contributed by atoms with Crippen LogP contribution < -0.4 is 15.5 Å². The number of para-hydroxylation sites is 1. The number of imide groups is 1. The van der Waals surface area contributed by atoms with Crippen LogP contribution >= 0.6 is 0 Å². The van der Waals surface area contributed by atoms with E-state index < -0.39 is 34.8 Å². The smallest absolute Gasteiger partial charge is 0.395 e. The maximum absolute atomic E-state index is 13.6. The average molecular weight is 566 g/mol. The van der Waals surface area contributed by atoms with E-state index in [-0.39, 0.29) is 31.3 Å². The number of hydrogen-bond donors (Lipinski definition) is 3. The van der Waals surface area contributed by atoms with Gasteiger partial charge in [0.05, 0.1) is 36.0 Å². The molecule has 3 N–H and O–H groups in total. The number of urea groups is 1. The zero-order chi connectivity index (χ0) is 29.9. The predicted molar refractivity (Wildman–Crippen MR) is 144 cm³/mol. The Morgan fingerprint density at radius 1 is 1.05 bits per heavy atom. The SMILES string of the molecule is CC1(C)C(=O)N(c2ccc(C#N)c(C(F)(F)F)c2)C(=O)N1Cc1ccccc1Nc1ccc(C(=O)NCCO)cc1. The van der Waals surface area contributed by atoms with Crippen LogP contribution in [0.2, 0.25) is 0 Å². The van der Waals surface area contributed by atoms with Crippen LogP contribution in [0.15, 0.2) is 66.7 Å². The third-order valence-electron chi connectivity index (χ3n) is 6.68. The Morgan fingerprint density at radius 2 is 1.73 bits per heavy atom. The molecule has 0 atom stereocenters. The van der Waals surface area contributed by atoms with Crippen molar-refractivity contribution in [2.24, 2.45) is 0 Å². The summed E-state index contributed by atoms with van der Waals surface area (Å²) in [4.78, 5) is 40.9. The van der Waals surface area contributed by atoms with Gasteiger partial charge in [-0.15, -0.1) is 0 Å². The largest absolute Gasteiger partial charge is 0.417 e. The van der Waals surface area contributed by atoms with Crippen LogP contribution in [-0.2, 0) is 17.5 Å². The molecule has 1 aliphatic heterocycles. The second-order valence-electron chi connectivity index (χ2n) is 9.75. The summed E-state index contributed by atoms with van der Waals surface area (Å²) in [5, 5.41) is 23.8. The summed E-state index contributed by atoms with van der Waals surface area (Å²) in [7, 11) is 0. The molecule has 0 aromatic heterocycles. The van der Waals surface area contributed by atoms with Gasteiger partial charge in [-0.2, -0.15) is 18.4 Å². The first-order valence-corrected chi connectivity index (χ1v) is 12.5. The molecule has 4 rings (SSSR count). The van der Waals surface area contributed by atoms with Crippen LogP contribution in [0.1, 0.15) is 40.9 Å². The van der Waals surface area contributed by atoms with Gasteiger partial charge in [-0.1, -0.05) is 18.2 Å². The van der Waals surface area contributed by atoms with E-state index in [2.05, 4.69) is 10.6 Å². The molecule has 0 saturated carbocycles. The number of benzene rings is 3. The van der Waals surface area contributed by atoms with Gasteiger partial charge in [-0.05, 0) is 67.9 Å². The van der Waals surface area contributed by atoms with Crippen LogP contribution in [0.5, 0.6) is 0 Å². The second-order valence-corrected chi connectivity index (χ2v) is 9.75. The number of alkyl halides is 3. The lowest BCUT2D eigenvalue weighted by Crippen LogP contribution is -2.43. The Kier molecular flexibility index (Phi) is 8.02.